The molecule has 1 saturated heterocycles. The molecule has 1 aliphatic rings. The van der Waals surface area contributed by atoms with E-state index in [1.54, 1.807) is 6.92 Å². The molecule has 0 radical (unpaired) electrons. The molecule has 1 heterocycles. The minimum absolute atomic E-state index is 0.279. The molecule has 1 rings (SSSR count). The molecule has 0 aromatic carbocycles. The molecular weight excluding hydrogens is 174 g/mol. The number of hydrogen-bond donors (Lipinski definition) is 1. The van der Waals surface area contributed by atoms with E-state index in [4.69, 9.17) is 9.84 Å². The SMILES string of the molecule is CCOC(=O)N1CCC[C@@H]1C(=O)O. The van der Waals surface area contributed by atoms with E-state index in [1.165, 1.54) is 4.90 Å². The summed E-state index contributed by atoms with van der Waals surface area (Å²) in [6.45, 7) is 2.46. The zero-order valence-electron chi connectivity index (χ0n) is 7.52. The largest absolute Gasteiger partial charge is 0.480 e. The molecule has 5 heteroatoms. The van der Waals surface area contributed by atoms with Gasteiger partial charge in [0.15, 0.2) is 0 Å². The highest BCUT2D eigenvalue weighted by Crippen LogP contribution is 2.18. The molecule has 0 bridgehead atoms. The van der Waals surface area contributed by atoms with Crippen LogP contribution in [0.1, 0.15) is 19.8 Å². The minimum atomic E-state index is -0.953. The van der Waals surface area contributed by atoms with Crippen LogP contribution >= 0.6 is 0 Å². The van der Waals surface area contributed by atoms with E-state index in [2.05, 4.69) is 0 Å². The van der Waals surface area contributed by atoms with Crippen molar-refractivity contribution < 1.29 is 19.4 Å². The number of carboxylic acids is 1. The minimum Gasteiger partial charge on any atom is -0.480 e. The quantitative estimate of drug-likeness (QED) is 0.690. The maximum Gasteiger partial charge on any atom is 0.410 e. The zero-order valence-corrected chi connectivity index (χ0v) is 7.52. The van der Waals surface area contributed by atoms with E-state index in [-0.39, 0.29) is 6.61 Å². The molecule has 0 spiro atoms. The van der Waals surface area contributed by atoms with Gasteiger partial charge in [0.1, 0.15) is 6.04 Å². The van der Waals surface area contributed by atoms with Gasteiger partial charge < -0.3 is 9.84 Å². The standard InChI is InChI=1S/C8H13NO4/c1-2-13-8(12)9-5-3-4-6(9)7(10)11/h6H,2-5H2,1H3,(H,10,11)/t6-/m1/s1. The average Bonchev–Trinajstić information content (AvgIpc) is 2.52. The predicted octanol–water partition coefficient (Wildman–Crippen LogP) is 0.692. The Balaban J connectivity index is 2.57. The van der Waals surface area contributed by atoms with Crippen LogP contribution in [-0.2, 0) is 9.53 Å². The van der Waals surface area contributed by atoms with Crippen molar-refractivity contribution >= 4 is 12.1 Å². The van der Waals surface area contributed by atoms with Gasteiger partial charge >= 0.3 is 12.1 Å². The number of amides is 1. The van der Waals surface area contributed by atoms with Crippen LogP contribution in [0.4, 0.5) is 4.79 Å². The van der Waals surface area contributed by atoms with Crippen molar-refractivity contribution in [2.45, 2.75) is 25.8 Å². The van der Waals surface area contributed by atoms with Crippen LogP contribution in [0.2, 0.25) is 0 Å². The highest BCUT2D eigenvalue weighted by Gasteiger charge is 2.34. The lowest BCUT2D eigenvalue weighted by Crippen LogP contribution is -2.40. The second-order valence-electron chi connectivity index (χ2n) is 2.89. The van der Waals surface area contributed by atoms with Gasteiger partial charge in [0.25, 0.3) is 0 Å². The van der Waals surface area contributed by atoms with Gasteiger partial charge in [-0.1, -0.05) is 0 Å². The molecule has 1 aliphatic heterocycles. The molecule has 74 valence electrons. The molecule has 0 unspecified atom stereocenters. The maximum atomic E-state index is 11.2. The molecule has 0 aliphatic carbocycles. The lowest BCUT2D eigenvalue weighted by molar-refractivity contribution is -0.141. The van der Waals surface area contributed by atoms with Crippen molar-refractivity contribution in [2.24, 2.45) is 0 Å². The van der Waals surface area contributed by atoms with Crippen LogP contribution in [0.15, 0.2) is 0 Å². The second kappa shape index (κ2) is 4.11. The van der Waals surface area contributed by atoms with E-state index in [0.717, 1.165) is 6.42 Å². The van der Waals surface area contributed by atoms with Gasteiger partial charge in [-0.2, -0.15) is 0 Å². The number of carbonyl (C=O) groups is 2. The van der Waals surface area contributed by atoms with Crippen LogP contribution in [0, 0.1) is 0 Å². The first-order valence-corrected chi connectivity index (χ1v) is 4.33. The highest BCUT2D eigenvalue weighted by molar-refractivity contribution is 5.80. The summed E-state index contributed by atoms with van der Waals surface area (Å²) in [7, 11) is 0. The van der Waals surface area contributed by atoms with Crippen LogP contribution in [0.3, 0.4) is 0 Å². The molecule has 0 aromatic heterocycles. The fourth-order valence-corrected chi connectivity index (χ4v) is 1.45. The van der Waals surface area contributed by atoms with Crippen molar-refractivity contribution in [3.63, 3.8) is 0 Å². The first-order chi connectivity index (χ1) is 6.16. The Morgan fingerprint density at radius 3 is 2.85 bits per heavy atom. The summed E-state index contributed by atoms with van der Waals surface area (Å²) in [6, 6.07) is -0.695. The molecule has 1 amide bonds. The van der Waals surface area contributed by atoms with Gasteiger partial charge in [-0.25, -0.2) is 9.59 Å². The summed E-state index contributed by atoms with van der Waals surface area (Å²) < 4.78 is 4.73. The summed E-state index contributed by atoms with van der Waals surface area (Å²) in [6.07, 6.45) is 0.733. The number of rotatable bonds is 2. The summed E-state index contributed by atoms with van der Waals surface area (Å²) in [5.41, 5.74) is 0. The molecule has 0 aromatic rings. The van der Waals surface area contributed by atoms with Gasteiger partial charge in [0.2, 0.25) is 0 Å². The lowest BCUT2D eigenvalue weighted by Gasteiger charge is -2.19. The van der Waals surface area contributed by atoms with E-state index in [0.29, 0.717) is 13.0 Å². The van der Waals surface area contributed by atoms with Crippen LogP contribution in [-0.4, -0.2) is 41.3 Å². The van der Waals surface area contributed by atoms with Crippen LogP contribution in [0.5, 0.6) is 0 Å². The fourth-order valence-electron chi connectivity index (χ4n) is 1.45. The van der Waals surface area contributed by atoms with Crippen LogP contribution in [0.25, 0.3) is 0 Å². The van der Waals surface area contributed by atoms with Crippen molar-refractivity contribution in [1.29, 1.82) is 0 Å². The number of carbonyl (C=O) groups excluding carboxylic acids is 1. The summed E-state index contributed by atoms with van der Waals surface area (Å²) >= 11 is 0. The van der Waals surface area contributed by atoms with Crippen LogP contribution < -0.4 is 0 Å². The van der Waals surface area contributed by atoms with E-state index < -0.39 is 18.1 Å². The van der Waals surface area contributed by atoms with E-state index in [1.807, 2.05) is 0 Å². The Morgan fingerprint density at radius 1 is 1.62 bits per heavy atom. The summed E-state index contributed by atoms with van der Waals surface area (Å²) in [4.78, 5) is 23.1. The third-order valence-electron chi connectivity index (χ3n) is 2.04. The normalized spacial score (nSPS) is 21.6. The first-order valence-electron chi connectivity index (χ1n) is 4.33. The number of nitrogens with zero attached hydrogens (tertiary/aromatic N) is 1. The van der Waals surface area contributed by atoms with Gasteiger partial charge in [0.05, 0.1) is 6.61 Å². The molecular formula is C8H13NO4. The Morgan fingerprint density at radius 2 is 2.31 bits per heavy atom. The molecule has 1 N–H and O–H groups in total. The van der Waals surface area contributed by atoms with Gasteiger partial charge in [-0.3, -0.25) is 4.90 Å². The Bertz CT molecular complexity index is 216. The first kappa shape index (κ1) is 9.83. The van der Waals surface area contributed by atoms with E-state index >= 15 is 0 Å². The average molecular weight is 187 g/mol. The van der Waals surface area contributed by atoms with Gasteiger partial charge in [-0.05, 0) is 19.8 Å². The second-order valence-corrected chi connectivity index (χ2v) is 2.89. The third kappa shape index (κ3) is 2.11. The Kier molecular flexibility index (Phi) is 3.11. The topological polar surface area (TPSA) is 66.8 Å². The smallest absolute Gasteiger partial charge is 0.410 e. The number of hydrogen-bond acceptors (Lipinski definition) is 3. The summed E-state index contributed by atoms with van der Waals surface area (Å²) in [5.74, 6) is -0.953. The van der Waals surface area contributed by atoms with Gasteiger partial charge in [-0.15, -0.1) is 0 Å². The third-order valence-corrected chi connectivity index (χ3v) is 2.04. The number of ether oxygens (including phenoxy) is 1. The number of carboxylic acid groups (broad SMARTS) is 1. The molecule has 1 atom stereocenters. The highest BCUT2D eigenvalue weighted by atomic mass is 16.6. The predicted molar refractivity (Wildman–Crippen MR) is 44.4 cm³/mol. The number of aliphatic carboxylic acids is 1. The molecule has 1 fully saturated rings. The van der Waals surface area contributed by atoms with Crippen molar-refractivity contribution in [1.82, 2.24) is 4.90 Å². The zero-order chi connectivity index (χ0) is 9.84. The Hall–Kier alpha value is -1.26. The summed E-state index contributed by atoms with van der Waals surface area (Å²) in [5, 5.41) is 8.75. The van der Waals surface area contributed by atoms with Gasteiger partial charge in [0, 0.05) is 6.54 Å². The molecule has 5 nitrogen and oxygen atoms in total. The van der Waals surface area contributed by atoms with Crippen molar-refractivity contribution in [3.8, 4) is 0 Å². The van der Waals surface area contributed by atoms with Crippen molar-refractivity contribution in [3.05, 3.63) is 0 Å². The molecule has 13 heavy (non-hydrogen) atoms. The maximum absolute atomic E-state index is 11.2. The van der Waals surface area contributed by atoms with Crippen molar-refractivity contribution in [2.75, 3.05) is 13.2 Å². The fraction of sp³-hybridized carbons (Fsp3) is 0.750. The lowest BCUT2D eigenvalue weighted by atomic mass is 10.2. The molecule has 0 saturated carbocycles. The monoisotopic (exact) mass is 187 g/mol. The Labute approximate surface area is 76.3 Å². The van der Waals surface area contributed by atoms with E-state index in [9.17, 15) is 9.59 Å². The number of likely N-dealkylation sites (tertiary alicyclic amines) is 1.